The van der Waals surface area contributed by atoms with Crippen molar-refractivity contribution in [2.45, 2.75) is 0 Å². The summed E-state index contributed by atoms with van der Waals surface area (Å²) >= 11 is 0. The van der Waals surface area contributed by atoms with E-state index in [9.17, 15) is 0 Å². The van der Waals surface area contributed by atoms with Crippen molar-refractivity contribution in [1.82, 2.24) is 4.72 Å². The molecule has 2 aromatic carbocycles. The Morgan fingerprint density at radius 3 is 2.18 bits per heavy atom. The standard InChI is InChI=1S/C14H11NS2/c1-2-6-11(7-3-1)12-8-4-5-9-13(12)14-10-16-17-15-14/h1-10,15H. The molecule has 0 spiro atoms. The lowest BCUT2D eigenvalue weighted by atomic mass is 9.98. The molecule has 0 bridgehead atoms. The average Bonchev–Trinajstić information content (AvgIpc) is 2.94. The number of hydrogen-bond acceptors (Lipinski definition) is 3. The highest BCUT2D eigenvalue weighted by molar-refractivity contribution is 8.77. The second-order valence-corrected chi connectivity index (χ2v) is 5.60. The van der Waals surface area contributed by atoms with Crippen LogP contribution in [0.3, 0.4) is 0 Å². The summed E-state index contributed by atoms with van der Waals surface area (Å²) in [5.41, 5.74) is 4.98. The molecule has 1 nitrogen and oxygen atoms in total. The Bertz CT molecular complexity index is 549. The van der Waals surface area contributed by atoms with E-state index < -0.39 is 0 Å². The van der Waals surface area contributed by atoms with Crippen LogP contribution in [0.2, 0.25) is 0 Å². The summed E-state index contributed by atoms with van der Waals surface area (Å²) in [4.78, 5) is 0. The highest BCUT2D eigenvalue weighted by atomic mass is 33.1. The zero-order chi connectivity index (χ0) is 11.5. The Labute approximate surface area is 109 Å². The fourth-order valence-corrected chi connectivity index (χ4v) is 3.43. The lowest BCUT2D eigenvalue weighted by molar-refractivity contribution is 1.43. The lowest BCUT2D eigenvalue weighted by Gasteiger charge is -2.10. The molecule has 0 saturated carbocycles. The largest absolute Gasteiger partial charge is 0.319 e. The number of hydrogen-bond donors (Lipinski definition) is 1. The molecule has 1 aliphatic heterocycles. The Kier molecular flexibility index (Phi) is 3.12. The zero-order valence-corrected chi connectivity index (χ0v) is 10.7. The van der Waals surface area contributed by atoms with Gasteiger partial charge in [0, 0.05) is 22.0 Å². The van der Waals surface area contributed by atoms with Gasteiger partial charge in [-0.15, -0.1) is 0 Å². The van der Waals surface area contributed by atoms with E-state index in [1.165, 1.54) is 22.4 Å². The van der Waals surface area contributed by atoms with Crippen molar-refractivity contribution in [3.63, 3.8) is 0 Å². The van der Waals surface area contributed by atoms with Crippen molar-refractivity contribution in [1.29, 1.82) is 0 Å². The Morgan fingerprint density at radius 1 is 0.765 bits per heavy atom. The Morgan fingerprint density at radius 2 is 1.47 bits per heavy atom. The summed E-state index contributed by atoms with van der Waals surface area (Å²) in [6.07, 6.45) is 0. The molecule has 1 N–H and O–H groups in total. The van der Waals surface area contributed by atoms with Crippen LogP contribution in [0.15, 0.2) is 60.0 Å². The molecule has 17 heavy (non-hydrogen) atoms. The average molecular weight is 257 g/mol. The van der Waals surface area contributed by atoms with Crippen molar-refractivity contribution in [2.75, 3.05) is 0 Å². The normalized spacial score (nSPS) is 14.2. The first-order valence-corrected chi connectivity index (χ1v) is 7.60. The smallest absolute Gasteiger partial charge is 0.0599 e. The molecule has 3 rings (SSSR count). The van der Waals surface area contributed by atoms with Gasteiger partial charge in [0.2, 0.25) is 0 Å². The van der Waals surface area contributed by atoms with Gasteiger partial charge in [-0.05, 0) is 21.9 Å². The van der Waals surface area contributed by atoms with Crippen LogP contribution in [0.1, 0.15) is 5.56 Å². The molecular weight excluding hydrogens is 246 g/mol. The fourth-order valence-electron chi connectivity index (χ4n) is 1.87. The van der Waals surface area contributed by atoms with E-state index in [4.69, 9.17) is 0 Å². The number of nitrogens with one attached hydrogen (secondary N) is 1. The topological polar surface area (TPSA) is 12.0 Å². The molecule has 0 aliphatic carbocycles. The van der Waals surface area contributed by atoms with E-state index >= 15 is 0 Å². The monoisotopic (exact) mass is 257 g/mol. The van der Waals surface area contributed by atoms with Gasteiger partial charge in [0.25, 0.3) is 0 Å². The summed E-state index contributed by atoms with van der Waals surface area (Å²) in [5.74, 6) is 0. The molecule has 1 heterocycles. The van der Waals surface area contributed by atoms with Crippen LogP contribution >= 0.6 is 21.8 Å². The van der Waals surface area contributed by atoms with E-state index in [-0.39, 0.29) is 0 Å². The minimum absolute atomic E-state index is 1.19. The predicted molar refractivity (Wildman–Crippen MR) is 78.2 cm³/mol. The summed E-state index contributed by atoms with van der Waals surface area (Å²) in [7, 11) is 3.38. The molecule has 0 fully saturated rings. The fraction of sp³-hybridized carbons (Fsp3) is 0. The highest BCUT2D eigenvalue weighted by Crippen LogP contribution is 2.37. The number of rotatable bonds is 2. The summed E-state index contributed by atoms with van der Waals surface area (Å²) < 4.78 is 3.32. The van der Waals surface area contributed by atoms with Crippen LogP contribution in [0.4, 0.5) is 0 Å². The molecule has 0 saturated heterocycles. The van der Waals surface area contributed by atoms with Gasteiger partial charge >= 0.3 is 0 Å². The third-order valence-corrected chi connectivity index (χ3v) is 4.23. The lowest BCUT2D eigenvalue weighted by Crippen LogP contribution is -1.98. The van der Waals surface area contributed by atoms with Gasteiger partial charge in [-0.25, -0.2) is 0 Å². The first-order chi connectivity index (χ1) is 8.45. The van der Waals surface area contributed by atoms with E-state index in [1.54, 1.807) is 21.8 Å². The van der Waals surface area contributed by atoms with Crippen LogP contribution in [-0.4, -0.2) is 0 Å². The minimum atomic E-state index is 1.19. The minimum Gasteiger partial charge on any atom is -0.319 e. The molecule has 84 valence electrons. The maximum Gasteiger partial charge on any atom is 0.0599 e. The van der Waals surface area contributed by atoms with Gasteiger partial charge in [-0.1, -0.05) is 54.6 Å². The molecule has 0 unspecified atom stereocenters. The second kappa shape index (κ2) is 4.90. The molecule has 3 heteroatoms. The van der Waals surface area contributed by atoms with Gasteiger partial charge in [0.05, 0.1) is 5.70 Å². The third kappa shape index (κ3) is 2.21. The first-order valence-electron chi connectivity index (χ1n) is 5.38. The van der Waals surface area contributed by atoms with Crippen molar-refractivity contribution in [3.05, 3.63) is 65.6 Å². The van der Waals surface area contributed by atoms with E-state index in [0.717, 1.165) is 0 Å². The molecule has 0 radical (unpaired) electrons. The van der Waals surface area contributed by atoms with E-state index in [2.05, 4.69) is 58.7 Å². The van der Waals surface area contributed by atoms with Crippen molar-refractivity contribution >= 4 is 27.5 Å². The van der Waals surface area contributed by atoms with Crippen LogP contribution in [0, 0.1) is 0 Å². The SMILES string of the molecule is C1=C(c2ccccc2-c2ccccc2)NSS1. The summed E-state index contributed by atoms with van der Waals surface area (Å²) in [6.45, 7) is 0. The Balaban J connectivity index is 2.11. The van der Waals surface area contributed by atoms with Gasteiger partial charge in [0.1, 0.15) is 0 Å². The van der Waals surface area contributed by atoms with Crippen LogP contribution in [0.25, 0.3) is 16.8 Å². The van der Waals surface area contributed by atoms with Gasteiger partial charge in [0.15, 0.2) is 0 Å². The highest BCUT2D eigenvalue weighted by Gasteiger charge is 2.12. The van der Waals surface area contributed by atoms with Crippen molar-refractivity contribution in [3.8, 4) is 11.1 Å². The van der Waals surface area contributed by atoms with Crippen molar-refractivity contribution < 1.29 is 0 Å². The van der Waals surface area contributed by atoms with Gasteiger partial charge in [-0.3, -0.25) is 0 Å². The second-order valence-electron chi connectivity index (χ2n) is 3.72. The summed E-state index contributed by atoms with van der Waals surface area (Å²) in [5, 5.41) is 2.16. The predicted octanol–water partition coefficient (Wildman–Crippen LogP) is 4.55. The van der Waals surface area contributed by atoms with Gasteiger partial charge < -0.3 is 4.72 Å². The van der Waals surface area contributed by atoms with E-state index in [0.29, 0.717) is 0 Å². The molecule has 0 atom stereocenters. The molecule has 0 amide bonds. The van der Waals surface area contributed by atoms with Crippen LogP contribution < -0.4 is 4.72 Å². The number of benzene rings is 2. The molecular formula is C14H11NS2. The molecule has 2 aromatic rings. The molecule has 0 aromatic heterocycles. The zero-order valence-electron chi connectivity index (χ0n) is 9.09. The van der Waals surface area contributed by atoms with Crippen molar-refractivity contribution in [2.24, 2.45) is 0 Å². The third-order valence-electron chi connectivity index (χ3n) is 2.67. The van der Waals surface area contributed by atoms with Gasteiger partial charge in [-0.2, -0.15) is 0 Å². The van der Waals surface area contributed by atoms with E-state index in [1.807, 2.05) is 6.07 Å². The summed E-state index contributed by atoms with van der Waals surface area (Å²) in [6, 6.07) is 19.0. The molecule has 1 aliphatic rings. The maximum absolute atomic E-state index is 3.32. The van der Waals surface area contributed by atoms with Crippen LogP contribution in [-0.2, 0) is 0 Å². The van der Waals surface area contributed by atoms with Crippen LogP contribution in [0.5, 0.6) is 0 Å². The quantitative estimate of drug-likeness (QED) is 0.626. The maximum atomic E-state index is 3.32. The Hall–Kier alpha value is -1.32. The first kappa shape index (κ1) is 10.8.